The van der Waals surface area contributed by atoms with Gasteiger partial charge in [-0.2, -0.15) is 5.26 Å². The fraction of sp³-hybridized carbons (Fsp3) is 0.833. The minimum Gasteiger partial charge on any atom is -0.248 e. The highest BCUT2D eigenvalue weighted by Gasteiger charge is 2.25. The van der Waals surface area contributed by atoms with Crippen LogP contribution in [0.5, 0.6) is 0 Å². The molecule has 0 N–H and O–H groups in total. The minimum absolute atomic E-state index is 0.118. The third-order valence-corrected chi connectivity index (χ3v) is 4.63. The predicted molar refractivity (Wildman–Crippen MR) is 39.7 cm³/mol. The highest BCUT2D eigenvalue weighted by Crippen LogP contribution is 2.21. The van der Waals surface area contributed by atoms with Crippen LogP contribution in [0.4, 0.5) is 0 Å². The van der Waals surface area contributed by atoms with Crippen molar-refractivity contribution >= 4 is 9.73 Å². The van der Waals surface area contributed by atoms with Gasteiger partial charge in [0.1, 0.15) is 0 Å². The molecular formula is C6H10N2OS. The highest BCUT2D eigenvalue weighted by atomic mass is 32.2. The van der Waals surface area contributed by atoms with Crippen LogP contribution in [0.25, 0.3) is 0 Å². The minimum atomic E-state index is -2.12. The molecule has 56 valence electrons. The summed E-state index contributed by atoms with van der Waals surface area (Å²) in [6.45, 7) is 1.90. The molecule has 0 amide bonds. The lowest BCUT2D eigenvalue weighted by atomic mass is 10.3. The Hall–Kier alpha value is -0.560. The molecule has 0 aromatic carbocycles. The van der Waals surface area contributed by atoms with Crippen molar-refractivity contribution < 1.29 is 4.21 Å². The highest BCUT2D eigenvalue weighted by molar-refractivity contribution is 7.94. The van der Waals surface area contributed by atoms with E-state index < -0.39 is 9.73 Å². The van der Waals surface area contributed by atoms with E-state index in [-0.39, 0.29) is 5.25 Å². The van der Waals surface area contributed by atoms with Crippen LogP contribution in [0.15, 0.2) is 4.36 Å². The van der Waals surface area contributed by atoms with Gasteiger partial charge in [-0.25, -0.2) is 4.21 Å². The summed E-state index contributed by atoms with van der Waals surface area (Å²) < 4.78 is 15.0. The van der Waals surface area contributed by atoms with Crippen LogP contribution in [0.3, 0.4) is 0 Å². The Kier molecular flexibility index (Phi) is 1.95. The molecule has 0 spiro atoms. The van der Waals surface area contributed by atoms with Gasteiger partial charge >= 0.3 is 0 Å². The first-order valence-corrected chi connectivity index (χ1v) is 5.05. The number of rotatable bonds is 0. The van der Waals surface area contributed by atoms with Crippen LogP contribution >= 0.6 is 0 Å². The van der Waals surface area contributed by atoms with Crippen LogP contribution < -0.4 is 0 Å². The van der Waals surface area contributed by atoms with Crippen molar-refractivity contribution in [2.45, 2.75) is 25.0 Å². The van der Waals surface area contributed by atoms with Gasteiger partial charge in [0, 0.05) is 11.0 Å². The van der Waals surface area contributed by atoms with Gasteiger partial charge in [-0.1, -0.05) is 0 Å². The maximum absolute atomic E-state index is 11.5. The molecule has 4 heteroatoms. The third-order valence-electron chi connectivity index (χ3n) is 1.87. The van der Waals surface area contributed by atoms with Gasteiger partial charge in [0.05, 0.1) is 9.73 Å². The van der Waals surface area contributed by atoms with Crippen LogP contribution in [-0.4, -0.2) is 15.2 Å². The van der Waals surface area contributed by atoms with Gasteiger partial charge in [-0.05, 0) is 19.8 Å². The van der Waals surface area contributed by atoms with Crippen molar-refractivity contribution in [3.8, 4) is 6.19 Å². The molecule has 0 saturated carbocycles. The smallest absolute Gasteiger partial charge is 0.214 e. The molecule has 0 aromatic heterocycles. The van der Waals surface area contributed by atoms with Crippen molar-refractivity contribution in [3.63, 3.8) is 0 Å². The van der Waals surface area contributed by atoms with E-state index in [0.29, 0.717) is 5.75 Å². The molecule has 3 nitrogen and oxygen atoms in total. The van der Waals surface area contributed by atoms with Crippen molar-refractivity contribution in [3.05, 3.63) is 0 Å². The lowest BCUT2D eigenvalue weighted by Crippen LogP contribution is -2.10. The molecule has 0 aromatic rings. The zero-order valence-electron chi connectivity index (χ0n) is 5.91. The molecule has 2 atom stereocenters. The largest absolute Gasteiger partial charge is 0.248 e. The first-order chi connectivity index (χ1) is 4.69. The van der Waals surface area contributed by atoms with Gasteiger partial charge in [0.25, 0.3) is 0 Å². The molecule has 0 bridgehead atoms. The van der Waals surface area contributed by atoms with Crippen LogP contribution in [0.2, 0.25) is 0 Å². The molecule has 0 radical (unpaired) electrons. The fourth-order valence-corrected chi connectivity index (χ4v) is 3.09. The number of nitriles is 1. The molecule has 1 aliphatic rings. The quantitative estimate of drug-likeness (QED) is 0.496. The number of hydrogen-bond acceptors (Lipinski definition) is 3. The Bertz CT molecular complexity index is 270. The second-order valence-corrected chi connectivity index (χ2v) is 5.31. The Labute approximate surface area is 61.2 Å². The first-order valence-electron chi connectivity index (χ1n) is 3.31. The fourth-order valence-electron chi connectivity index (χ4n) is 1.17. The summed E-state index contributed by atoms with van der Waals surface area (Å²) in [6.07, 6.45) is 3.53. The van der Waals surface area contributed by atoms with E-state index in [4.69, 9.17) is 5.26 Å². The standard InChI is InChI=1S/C6H10N2OS/c1-6-3-2-4-10(6,9)8-5-7/h6H,2-4H2,1H3. The summed E-state index contributed by atoms with van der Waals surface area (Å²) in [7, 11) is -2.12. The maximum Gasteiger partial charge on any atom is 0.214 e. The number of hydrogen-bond donors (Lipinski definition) is 0. The van der Waals surface area contributed by atoms with E-state index in [2.05, 4.69) is 4.36 Å². The van der Waals surface area contributed by atoms with Gasteiger partial charge < -0.3 is 0 Å². The van der Waals surface area contributed by atoms with Crippen LogP contribution in [0.1, 0.15) is 19.8 Å². The third kappa shape index (κ3) is 1.14. The van der Waals surface area contributed by atoms with E-state index in [0.717, 1.165) is 12.8 Å². The monoisotopic (exact) mass is 158 g/mol. The van der Waals surface area contributed by atoms with Crippen molar-refractivity contribution in [1.29, 1.82) is 5.26 Å². The normalized spacial score (nSPS) is 39.0. The molecule has 10 heavy (non-hydrogen) atoms. The summed E-state index contributed by atoms with van der Waals surface area (Å²) in [5.74, 6) is 0.613. The summed E-state index contributed by atoms with van der Waals surface area (Å²) in [4.78, 5) is 0. The van der Waals surface area contributed by atoms with Gasteiger partial charge in [-0.3, -0.25) is 0 Å². The Balaban J connectivity index is 3.01. The lowest BCUT2D eigenvalue weighted by Gasteiger charge is -2.02. The average molecular weight is 158 g/mol. The van der Waals surface area contributed by atoms with Gasteiger partial charge in [0.15, 0.2) is 0 Å². The Morgan fingerprint density at radius 1 is 1.80 bits per heavy atom. The number of nitrogens with zero attached hydrogens (tertiary/aromatic N) is 2. The summed E-state index contributed by atoms with van der Waals surface area (Å²) in [6, 6.07) is 0. The molecule has 1 heterocycles. The van der Waals surface area contributed by atoms with E-state index in [1.807, 2.05) is 6.92 Å². The summed E-state index contributed by atoms with van der Waals surface area (Å²) in [5.41, 5.74) is 0. The first kappa shape index (κ1) is 7.55. The van der Waals surface area contributed by atoms with Gasteiger partial charge in [0.2, 0.25) is 6.19 Å². The molecule has 0 aliphatic carbocycles. The molecule has 1 rings (SSSR count). The van der Waals surface area contributed by atoms with Crippen molar-refractivity contribution in [1.82, 2.24) is 0 Å². The molecule has 1 saturated heterocycles. The SMILES string of the molecule is CC1CCCS1(=O)=NC#N. The second kappa shape index (κ2) is 2.59. The van der Waals surface area contributed by atoms with E-state index in [1.165, 1.54) is 0 Å². The van der Waals surface area contributed by atoms with E-state index >= 15 is 0 Å². The molecule has 2 unspecified atom stereocenters. The van der Waals surface area contributed by atoms with E-state index in [1.54, 1.807) is 6.19 Å². The topological polar surface area (TPSA) is 53.2 Å². The Morgan fingerprint density at radius 2 is 2.50 bits per heavy atom. The van der Waals surface area contributed by atoms with Crippen molar-refractivity contribution in [2.24, 2.45) is 4.36 Å². The van der Waals surface area contributed by atoms with Crippen LogP contribution in [-0.2, 0) is 9.73 Å². The van der Waals surface area contributed by atoms with E-state index in [9.17, 15) is 4.21 Å². The zero-order chi connectivity index (χ0) is 7.61. The lowest BCUT2D eigenvalue weighted by molar-refractivity contribution is 0.674. The average Bonchev–Trinajstić information content (AvgIpc) is 2.15. The Morgan fingerprint density at radius 3 is 2.90 bits per heavy atom. The predicted octanol–water partition coefficient (Wildman–Crippen LogP) is 1.12. The zero-order valence-corrected chi connectivity index (χ0v) is 6.73. The van der Waals surface area contributed by atoms with Crippen LogP contribution in [0, 0.1) is 11.5 Å². The molecule has 1 aliphatic heterocycles. The molecule has 1 fully saturated rings. The molecular weight excluding hydrogens is 148 g/mol. The summed E-state index contributed by atoms with van der Waals surface area (Å²) >= 11 is 0. The van der Waals surface area contributed by atoms with Gasteiger partial charge in [-0.15, -0.1) is 4.36 Å². The maximum atomic E-state index is 11.5. The summed E-state index contributed by atoms with van der Waals surface area (Å²) in [5, 5.41) is 8.33. The van der Waals surface area contributed by atoms with Crippen molar-refractivity contribution in [2.75, 3.05) is 5.75 Å². The second-order valence-electron chi connectivity index (χ2n) is 2.54.